The lowest BCUT2D eigenvalue weighted by molar-refractivity contribution is -0.172. The molecule has 0 aromatic heterocycles. The highest BCUT2D eigenvalue weighted by molar-refractivity contribution is 5.86. The highest BCUT2D eigenvalue weighted by atomic mass is 16.6. The van der Waals surface area contributed by atoms with Crippen LogP contribution in [0.1, 0.15) is 51.9 Å². The van der Waals surface area contributed by atoms with Crippen LogP contribution < -0.4 is 0 Å². The summed E-state index contributed by atoms with van der Waals surface area (Å²) < 4.78 is 6.16. The molecule has 0 bridgehead atoms. The molecule has 1 aliphatic heterocycles. The molecule has 4 saturated carbocycles. The smallest absolute Gasteiger partial charge is 0.331 e. The van der Waals surface area contributed by atoms with Crippen molar-refractivity contribution in [3.8, 4) is 0 Å². The molecule has 0 aromatic carbocycles. The van der Waals surface area contributed by atoms with Crippen LogP contribution in [0.25, 0.3) is 0 Å². The van der Waals surface area contributed by atoms with Crippen LogP contribution in [0.3, 0.4) is 0 Å². The van der Waals surface area contributed by atoms with Gasteiger partial charge in [-0.15, -0.1) is 6.58 Å². The highest BCUT2D eigenvalue weighted by Gasteiger charge is 2.79. The molecule has 4 fully saturated rings. The Kier molecular flexibility index (Phi) is 3.38. The van der Waals surface area contributed by atoms with Gasteiger partial charge in [-0.1, -0.05) is 24.6 Å². The van der Waals surface area contributed by atoms with E-state index < -0.39 is 0 Å². The minimum absolute atomic E-state index is 0.0848. The van der Waals surface area contributed by atoms with E-state index in [1.165, 1.54) is 18.4 Å². The van der Waals surface area contributed by atoms with Crippen LogP contribution in [0.2, 0.25) is 0 Å². The van der Waals surface area contributed by atoms with Gasteiger partial charge in [0.05, 0.1) is 0 Å². The van der Waals surface area contributed by atoms with Crippen LogP contribution >= 0.6 is 0 Å². The van der Waals surface area contributed by atoms with Crippen LogP contribution in [-0.2, 0) is 14.3 Å². The number of esters is 1. The number of allylic oxidation sites excluding steroid dienone is 3. The van der Waals surface area contributed by atoms with Gasteiger partial charge in [-0.05, 0) is 73.7 Å². The average molecular weight is 379 g/mol. The standard InChI is InChI=1S/C25H30O3/c1-3-14-11-15-12-16(26)5-6-17(15)18-7-9-24(4-2)23(22(14)18)19-13-20(19)25(24)10-8-21(27)28-25/h3,8,10-11,14,17-20,22-23H,1,4-7,9,12-13H2,2H3/t14?,17-,18?,19?,20?,22?,23?,24-,25-/m0/s1. The average Bonchev–Trinajstić information content (AvgIpc) is 3.34. The fourth-order valence-corrected chi connectivity index (χ4v) is 8.82. The number of fused-ring (bicyclic) bond motifs is 9. The molecular weight excluding hydrogens is 348 g/mol. The van der Waals surface area contributed by atoms with Crippen molar-refractivity contribution in [1.82, 2.24) is 0 Å². The quantitative estimate of drug-likeness (QED) is 0.519. The van der Waals surface area contributed by atoms with Gasteiger partial charge in [0, 0.05) is 30.3 Å². The maximum atomic E-state index is 12.2. The van der Waals surface area contributed by atoms with E-state index >= 15 is 0 Å². The first-order valence-corrected chi connectivity index (χ1v) is 11.3. The van der Waals surface area contributed by atoms with E-state index in [0.29, 0.717) is 53.6 Å². The van der Waals surface area contributed by atoms with E-state index in [-0.39, 0.29) is 17.0 Å². The molecule has 6 unspecified atom stereocenters. The molecule has 0 amide bonds. The third-order valence-electron chi connectivity index (χ3n) is 9.72. The molecule has 3 nitrogen and oxygen atoms in total. The number of ether oxygens (including phenoxy) is 1. The van der Waals surface area contributed by atoms with Crippen LogP contribution in [0, 0.1) is 46.8 Å². The van der Waals surface area contributed by atoms with Crippen molar-refractivity contribution in [2.75, 3.05) is 0 Å². The van der Waals surface area contributed by atoms with Crippen molar-refractivity contribution in [1.29, 1.82) is 0 Å². The zero-order valence-electron chi connectivity index (χ0n) is 16.7. The number of carbonyl (C=O) groups excluding carboxylic acids is 2. The maximum Gasteiger partial charge on any atom is 0.331 e. The lowest BCUT2D eigenvalue weighted by Gasteiger charge is -2.59. The molecular formula is C25H30O3. The minimum atomic E-state index is -0.350. The number of hydrogen-bond donors (Lipinski definition) is 0. The molecule has 1 spiro atoms. The highest BCUT2D eigenvalue weighted by Crippen LogP contribution is 2.78. The molecule has 0 saturated heterocycles. The molecule has 6 rings (SSSR count). The number of Topliss-reactive ketones (excluding diaryl/α,β-unsaturated/α-hetero) is 1. The van der Waals surface area contributed by atoms with Gasteiger partial charge >= 0.3 is 5.97 Å². The predicted molar refractivity (Wildman–Crippen MR) is 106 cm³/mol. The van der Waals surface area contributed by atoms with Gasteiger partial charge in [0.2, 0.25) is 0 Å². The summed E-state index contributed by atoms with van der Waals surface area (Å²) in [6.45, 7) is 6.52. The van der Waals surface area contributed by atoms with Gasteiger partial charge in [0.25, 0.3) is 0 Å². The number of hydrogen-bond acceptors (Lipinski definition) is 3. The zero-order chi connectivity index (χ0) is 19.3. The van der Waals surface area contributed by atoms with Gasteiger partial charge in [0.1, 0.15) is 11.4 Å². The zero-order valence-corrected chi connectivity index (χ0v) is 16.7. The number of carbonyl (C=O) groups is 2. The maximum absolute atomic E-state index is 12.2. The van der Waals surface area contributed by atoms with Crippen molar-refractivity contribution < 1.29 is 14.3 Å². The van der Waals surface area contributed by atoms with Crippen molar-refractivity contribution in [2.24, 2.45) is 46.8 Å². The van der Waals surface area contributed by atoms with E-state index in [0.717, 1.165) is 25.7 Å². The van der Waals surface area contributed by atoms with E-state index in [9.17, 15) is 9.59 Å². The Morgan fingerprint density at radius 2 is 2.14 bits per heavy atom. The molecule has 6 aliphatic rings. The summed E-state index contributed by atoms with van der Waals surface area (Å²) in [7, 11) is 0. The van der Waals surface area contributed by atoms with Crippen molar-refractivity contribution in [3.05, 3.63) is 36.5 Å². The minimum Gasteiger partial charge on any atom is -0.451 e. The second kappa shape index (κ2) is 5.49. The molecule has 148 valence electrons. The van der Waals surface area contributed by atoms with E-state index in [1.54, 1.807) is 6.08 Å². The summed E-state index contributed by atoms with van der Waals surface area (Å²) in [6, 6.07) is 0. The normalized spacial score (nSPS) is 53.0. The van der Waals surface area contributed by atoms with Gasteiger partial charge in [-0.25, -0.2) is 4.79 Å². The Balaban J connectivity index is 1.46. The summed E-state index contributed by atoms with van der Waals surface area (Å²) in [5.41, 5.74) is 1.14. The SMILES string of the molecule is C=CC1C=C2CC(=O)CC[C@@H]2C2CC[C@@]3(CC)C(C4CC4[C@@]34C=CC(=O)O4)C12. The van der Waals surface area contributed by atoms with Gasteiger partial charge in [-0.2, -0.15) is 0 Å². The molecule has 0 aromatic rings. The Hall–Kier alpha value is -1.64. The Labute approximate surface area is 167 Å². The van der Waals surface area contributed by atoms with Gasteiger partial charge in [0.15, 0.2) is 0 Å². The van der Waals surface area contributed by atoms with Gasteiger partial charge < -0.3 is 4.74 Å². The lowest BCUT2D eigenvalue weighted by Crippen LogP contribution is -2.57. The monoisotopic (exact) mass is 378 g/mol. The first-order valence-electron chi connectivity index (χ1n) is 11.3. The predicted octanol–water partition coefficient (Wildman–Crippen LogP) is 4.64. The first kappa shape index (κ1) is 17.2. The summed E-state index contributed by atoms with van der Waals surface area (Å²) in [6.07, 6.45) is 15.5. The van der Waals surface area contributed by atoms with Crippen LogP contribution in [0.4, 0.5) is 0 Å². The third-order valence-corrected chi connectivity index (χ3v) is 9.72. The van der Waals surface area contributed by atoms with Crippen molar-refractivity contribution >= 4 is 11.8 Å². The first-order chi connectivity index (χ1) is 13.5. The summed E-state index contributed by atoms with van der Waals surface area (Å²) in [4.78, 5) is 24.2. The lowest BCUT2D eigenvalue weighted by atomic mass is 9.46. The Bertz CT molecular complexity index is 837. The third kappa shape index (κ3) is 1.87. The fraction of sp³-hybridized carbons (Fsp3) is 0.680. The van der Waals surface area contributed by atoms with Gasteiger partial charge in [-0.3, -0.25) is 4.79 Å². The summed E-state index contributed by atoms with van der Waals surface area (Å²) in [5, 5.41) is 0. The Morgan fingerprint density at radius 1 is 1.29 bits per heavy atom. The molecule has 9 atom stereocenters. The number of ketones is 1. The molecule has 0 radical (unpaired) electrons. The van der Waals surface area contributed by atoms with E-state index in [2.05, 4.69) is 31.7 Å². The summed E-state index contributed by atoms with van der Waals surface area (Å²) in [5.74, 6) is 4.28. The van der Waals surface area contributed by atoms with Crippen LogP contribution in [0.15, 0.2) is 36.5 Å². The molecule has 1 heterocycles. The summed E-state index contributed by atoms with van der Waals surface area (Å²) >= 11 is 0. The largest absolute Gasteiger partial charge is 0.451 e. The second-order valence-electron chi connectivity index (χ2n) is 10.3. The van der Waals surface area contributed by atoms with Crippen molar-refractivity contribution in [3.63, 3.8) is 0 Å². The molecule has 5 aliphatic carbocycles. The molecule has 0 N–H and O–H groups in total. The number of rotatable bonds is 2. The van der Waals surface area contributed by atoms with E-state index in [1.807, 2.05) is 0 Å². The molecule has 28 heavy (non-hydrogen) atoms. The second-order valence-corrected chi connectivity index (χ2v) is 10.3. The van der Waals surface area contributed by atoms with Crippen LogP contribution in [-0.4, -0.2) is 17.4 Å². The fourth-order valence-electron chi connectivity index (χ4n) is 8.82. The molecule has 3 heteroatoms. The van der Waals surface area contributed by atoms with Crippen molar-refractivity contribution in [2.45, 2.75) is 57.5 Å². The Morgan fingerprint density at radius 3 is 2.86 bits per heavy atom. The topological polar surface area (TPSA) is 43.4 Å². The van der Waals surface area contributed by atoms with Crippen LogP contribution in [0.5, 0.6) is 0 Å². The van der Waals surface area contributed by atoms with E-state index in [4.69, 9.17) is 4.74 Å².